The summed E-state index contributed by atoms with van der Waals surface area (Å²) in [5.41, 5.74) is 2.85. The quantitative estimate of drug-likeness (QED) is 0.441. The minimum absolute atomic E-state index is 0.189. The van der Waals surface area contributed by atoms with E-state index in [2.05, 4.69) is 20.2 Å². The molecule has 1 aromatic carbocycles. The average Bonchev–Trinajstić information content (AvgIpc) is 3.28. The number of hydrogen-bond acceptors (Lipinski definition) is 7. The smallest absolute Gasteiger partial charge is 0.256 e. The third kappa shape index (κ3) is 3.85. The number of aromatic nitrogens is 5. The molecule has 0 spiro atoms. The lowest BCUT2D eigenvalue weighted by Gasteiger charge is -2.18. The lowest BCUT2D eigenvalue weighted by molar-refractivity contribution is -0.115. The van der Waals surface area contributed by atoms with E-state index in [0.29, 0.717) is 16.7 Å². The predicted octanol–water partition coefficient (Wildman–Crippen LogP) is 4.31. The molecule has 4 rings (SSSR count). The highest BCUT2D eigenvalue weighted by atomic mass is 32.2. The van der Waals surface area contributed by atoms with Crippen molar-refractivity contribution in [2.45, 2.75) is 31.7 Å². The molecular formula is C19H17FN6OS2. The number of nitrogens with zero attached hydrogens (tertiary/aromatic N) is 6. The highest BCUT2D eigenvalue weighted by molar-refractivity contribution is 7.98. The Bertz CT molecular complexity index is 1200. The molecule has 0 radical (unpaired) electrons. The summed E-state index contributed by atoms with van der Waals surface area (Å²) in [6.45, 7) is 5.29. The fourth-order valence-electron chi connectivity index (χ4n) is 2.94. The number of para-hydroxylation sites is 1. The first-order valence-electron chi connectivity index (χ1n) is 8.76. The molecule has 0 unspecified atom stereocenters. The molecule has 0 saturated carbocycles. The predicted molar refractivity (Wildman–Crippen MR) is 111 cm³/mol. The van der Waals surface area contributed by atoms with Gasteiger partial charge < -0.3 is 0 Å². The molecule has 0 fully saturated rings. The van der Waals surface area contributed by atoms with Crippen molar-refractivity contribution in [1.82, 2.24) is 24.6 Å². The van der Waals surface area contributed by atoms with Crippen molar-refractivity contribution in [2.75, 3.05) is 4.90 Å². The summed E-state index contributed by atoms with van der Waals surface area (Å²) in [5, 5.41) is 11.4. The molecule has 1 amide bonds. The standard InChI is InChI=1S/C19H17FN6OS2/c1-11-8-12(2)25-17(21-11)23-24-19(25)29-10-14-9-28-18(22-14)26(13(3)27)16-7-5-4-6-15(16)20/h4-9H,10H2,1-3H3. The van der Waals surface area contributed by atoms with Crippen LogP contribution < -0.4 is 4.90 Å². The molecule has 0 aliphatic carbocycles. The van der Waals surface area contributed by atoms with E-state index in [1.54, 1.807) is 18.2 Å². The highest BCUT2D eigenvalue weighted by Crippen LogP contribution is 2.32. The molecule has 7 nitrogen and oxygen atoms in total. The van der Waals surface area contributed by atoms with Gasteiger partial charge in [0.15, 0.2) is 10.3 Å². The molecule has 4 aromatic rings. The molecule has 0 bridgehead atoms. The number of amides is 1. The highest BCUT2D eigenvalue weighted by Gasteiger charge is 2.21. The van der Waals surface area contributed by atoms with Crippen LogP contribution in [0.3, 0.4) is 0 Å². The molecule has 0 aliphatic heterocycles. The largest absolute Gasteiger partial charge is 0.274 e. The van der Waals surface area contributed by atoms with Gasteiger partial charge in [0.1, 0.15) is 5.82 Å². The Labute approximate surface area is 174 Å². The maximum absolute atomic E-state index is 14.2. The van der Waals surface area contributed by atoms with Crippen LogP contribution in [0.5, 0.6) is 0 Å². The summed E-state index contributed by atoms with van der Waals surface area (Å²) in [6, 6.07) is 8.13. The maximum Gasteiger partial charge on any atom is 0.256 e. The van der Waals surface area contributed by atoms with Crippen LogP contribution in [0.2, 0.25) is 0 Å². The van der Waals surface area contributed by atoms with Gasteiger partial charge in [0.05, 0.1) is 11.4 Å². The molecule has 0 N–H and O–H groups in total. The zero-order valence-electron chi connectivity index (χ0n) is 16.0. The van der Waals surface area contributed by atoms with Gasteiger partial charge in [-0.3, -0.25) is 14.1 Å². The number of fused-ring (bicyclic) bond motifs is 1. The van der Waals surface area contributed by atoms with Crippen molar-refractivity contribution in [3.63, 3.8) is 0 Å². The maximum atomic E-state index is 14.2. The molecule has 0 saturated heterocycles. The van der Waals surface area contributed by atoms with Crippen LogP contribution in [0.25, 0.3) is 5.78 Å². The van der Waals surface area contributed by atoms with Crippen LogP contribution in [-0.2, 0) is 10.5 Å². The normalized spacial score (nSPS) is 11.2. The number of rotatable bonds is 5. The van der Waals surface area contributed by atoms with E-state index in [1.807, 2.05) is 29.7 Å². The molecule has 10 heteroatoms. The Hall–Kier alpha value is -2.85. The Balaban J connectivity index is 1.57. The van der Waals surface area contributed by atoms with Gasteiger partial charge in [0, 0.05) is 29.4 Å². The number of aryl methyl sites for hydroxylation is 2. The van der Waals surface area contributed by atoms with Crippen molar-refractivity contribution in [3.8, 4) is 0 Å². The zero-order chi connectivity index (χ0) is 20.5. The van der Waals surface area contributed by atoms with Gasteiger partial charge in [-0.25, -0.2) is 14.4 Å². The zero-order valence-corrected chi connectivity index (χ0v) is 17.6. The summed E-state index contributed by atoms with van der Waals surface area (Å²) >= 11 is 2.77. The number of benzene rings is 1. The third-order valence-corrected chi connectivity index (χ3v) is 5.99. The Morgan fingerprint density at radius 1 is 1.24 bits per heavy atom. The van der Waals surface area contributed by atoms with Gasteiger partial charge in [0.25, 0.3) is 5.78 Å². The Kier molecular flexibility index (Phi) is 5.29. The van der Waals surface area contributed by atoms with Crippen molar-refractivity contribution >= 4 is 45.6 Å². The van der Waals surface area contributed by atoms with Gasteiger partial charge in [-0.2, -0.15) is 0 Å². The van der Waals surface area contributed by atoms with E-state index < -0.39 is 5.82 Å². The average molecular weight is 429 g/mol. The number of anilines is 2. The second-order valence-electron chi connectivity index (χ2n) is 6.37. The lowest BCUT2D eigenvalue weighted by Crippen LogP contribution is -2.23. The molecule has 148 valence electrons. The first kappa shape index (κ1) is 19.5. The van der Waals surface area contributed by atoms with Crippen LogP contribution in [0.15, 0.2) is 40.9 Å². The van der Waals surface area contributed by atoms with Gasteiger partial charge in [-0.15, -0.1) is 21.5 Å². The molecule has 3 heterocycles. The first-order valence-corrected chi connectivity index (χ1v) is 10.6. The summed E-state index contributed by atoms with van der Waals surface area (Å²) in [4.78, 5) is 22.4. The van der Waals surface area contributed by atoms with Gasteiger partial charge in [0.2, 0.25) is 5.91 Å². The van der Waals surface area contributed by atoms with Crippen molar-refractivity contribution < 1.29 is 9.18 Å². The fraction of sp³-hybridized carbons (Fsp3) is 0.211. The second kappa shape index (κ2) is 7.88. The van der Waals surface area contributed by atoms with Gasteiger partial charge in [-0.05, 0) is 32.0 Å². The molecule has 29 heavy (non-hydrogen) atoms. The van der Waals surface area contributed by atoms with Gasteiger partial charge >= 0.3 is 0 Å². The van der Waals surface area contributed by atoms with E-state index in [-0.39, 0.29) is 11.6 Å². The van der Waals surface area contributed by atoms with Crippen LogP contribution in [-0.4, -0.2) is 30.5 Å². The second-order valence-corrected chi connectivity index (χ2v) is 8.15. The van der Waals surface area contributed by atoms with Gasteiger partial charge in [-0.1, -0.05) is 23.9 Å². The first-order chi connectivity index (χ1) is 13.9. The molecule has 0 aliphatic rings. The summed E-state index contributed by atoms with van der Waals surface area (Å²) in [5.74, 6) is 0.325. The summed E-state index contributed by atoms with van der Waals surface area (Å²) < 4.78 is 16.1. The number of thiazole rings is 1. The Morgan fingerprint density at radius 3 is 2.79 bits per heavy atom. The third-order valence-electron chi connectivity index (χ3n) is 4.15. The topological polar surface area (TPSA) is 76.3 Å². The van der Waals surface area contributed by atoms with E-state index in [9.17, 15) is 9.18 Å². The number of halogens is 1. The Morgan fingerprint density at radius 2 is 2.03 bits per heavy atom. The van der Waals surface area contributed by atoms with Crippen LogP contribution in [0.4, 0.5) is 15.2 Å². The number of carbonyl (C=O) groups is 1. The SMILES string of the molecule is CC(=O)N(c1nc(CSc2nnc3nc(C)cc(C)n23)cs1)c1ccccc1F. The molecular weight excluding hydrogens is 411 g/mol. The fourth-order valence-corrected chi connectivity index (χ4v) is 4.80. The van der Waals surface area contributed by atoms with Crippen molar-refractivity contribution in [1.29, 1.82) is 0 Å². The monoisotopic (exact) mass is 428 g/mol. The summed E-state index contributed by atoms with van der Waals surface area (Å²) in [7, 11) is 0. The van der Waals surface area contributed by atoms with Crippen LogP contribution >= 0.6 is 23.1 Å². The van der Waals surface area contributed by atoms with Crippen LogP contribution in [0, 0.1) is 19.7 Å². The minimum Gasteiger partial charge on any atom is -0.274 e. The van der Waals surface area contributed by atoms with Crippen molar-refractivity contribution in [2.24, 2.45) is 0 Å². The minimum atomic E-state index is -0.470. The van der Waals surface area contributed by atoms with Crippen molar-refractivity contribution in [3.05, 3.63) is 58.6 Å². The van der Waals surface area contributed by atoms with E-state index >= 15 is 0 Å². The number of thioether (sulfide) groups is 1. The molecule has 3 aromatic heterocycles. The number of hydrogen-bond donors (Lipinski definition) is 0. The van der Waals surface area contributed by atoms with E-state index in [0.717, 1.165) is 22.2 Å². The van der Waals surface area contributed by atoms with E-state index in [1.165, 1.54) is 41.0 Å². The van der Waals surface area contributed by atoms with Crippen LogP contribution in [0.1, 0.15) is 24.0 Å². The number of carbonyl (C=O) groups excluding carboxylic acids is 1. The molecule has 0 atom stereocenters. The van der Waals surface area contributed by atoms with E-state index in [4.69, 9.17) is 0 Å². The summed E-state index contributed by atoms with van der Waals surface area (Å²) in [6.07, 6.45) is 0. The lowest BCUT2D eigenvalue weighted by atomic mass is 10.3.